The predicted octanol–water partition coefficient (Wildman–Crippen LogP) is 1.02. The summed E-state index contributed by atoms with van der Waals surface area (Å²) in [5.41, 5.74) is 2.12. The largest absolute Gasteiger partial charge is 0.334 e. The average molecular weight is 311 g/mol. The van der Waals surface area contributed by atoms with Crippen molar-refractivity contribution in [2.24, 2.45) is 0 Å². The summed E-state index contributed by atoms with van der Waals surface area (Å²) < 4.78 is 3.53. The summed E-state index contributed by atoms with van der Waals surface area (Å²) in [6.45, 7) is 5.34. The molecule has 23 heavy (non-hydrogen) atoms. The Bertz CT molecular complexity index is 848. The molecule has 1 aliphatic heterocycles. The lowest BCUT2D eigenvalue weighted by atomic mass is 10.2. The van der Waals surface area contributed by atoms with Crippen LogP contribution in [0.15, 0.2) is 24.5 Å². The molecule has 1 atom stereocenters. The lowest BCUT2D eigenvalue weighted by Crippen LogP contribution is -2.30. The third kappa shape index (κ3) is 2.36. The maximum atomic E-state index is 12.6. The van der Waals surface area contributed by atoms with E-state index in [1.165, 1.54) is 4.52 Å². The maximum absolute atomic E-state index is 12.6. The number of nitrogens with zero attached hydrogens (tertiary/aromatic N) is 7. The Kier molecular flexibility index (Phi) is 3.10. The highest BCUT2D eigenvalue weighted by Crippen LogP contribution is 2.24. The molecule has 1 saturated heterocycles. The number of aryl methyl sites for hydroxylation is 2. The first kappa shape index (κ1) is 13.9. The van der Waals surface area contributed by atoms with E-state index in [2.05, 4.69) is 26.2 Å². The molecule has 0 spiro atoms. The molecule has 0 radical (unpaired) electrons. The van der Waals surface area contributed by atoms with Crippen LogP contribution in [0.3, 0.4) is 0 Å². The molecule has 1 fully saturated rings. The van der Waals surface area contributed by atoms with Crippen LogP contribution in [0.2, 0.25) is 0 Å². The third-order valence-electron chi connectivity index (χ3n) is 4.15. The van der Waals surface area contributed by atoms with Crippen molar-refractivity contribution in [3.8, 4) is 0 Å². The van der Waals surface area contributed by atoms with Gasteiger partial charge in [-0.15, -0.1) is 5.10 Å². The molecule has 4 rings (SSSR count). The molecule has 3 aromatic rings. The van der Waals surface area contributed by atoms with Crippen LogP contribution in [0.25, 0.3) is 5.78 Å². The van der Waals surface area contributed by atoms with Gasteiger partial charge in [-0.2, -0.15) is 10.1 Å². The first-order chi connectivity index (χ1) is 11.1. The van der Waals surface area contributed by atoms with E-state index in [4.69, 9.17) is 0 Å². The molecule has 0 saturated carbocycles. The Labute approximate surface area is 132 Å². The summed E-state index contributed by atoms with van der Waals surface area (Å²) in [6, 6.07) is 4.02. The topological polar surface area (TPSA) is 81.2 Å². The number of carbonyl (C=O) groups is 1. The van der Waals surface area contributed by atoms with Gasteiger partial charge in [-0.05, 0) is 32.4 Å². The molecule has 3 aromatic heterocycles. The van der Waals surface area contributed by atoms with E-state index in [9.17, 15) is 4.79 Å². The van der Waals surface area contributed by atoms with Gasteiger partial charge < -0.3 is 4.90 Å². The summed E-state index contributed by atoms with van der Waals surface area (Å²) in [6.07, 6.45) is 4.25. The first-order valence-electron chi connectivity index (χ1n) is 7.61. The second kappa shape index (κ2) is 5.15. The molecular formula is C15H17N7O. The number of fused-ring (bicyclic) bond motifs is 1. The van der Waals surface area contributed by atoms with E-state index >= 15 is 0 Å². The predicted molar refractivity (Wildman–Crippen MR) is 82.0 cm³/mol. The van der Waals surface area contributed by atoms with Crippen LogP contribution in [0, 0.1) is 13.8 Å². The van der Waals surface area contributed by atoms with Crippen molar-refractivity contribution in [2.45, 2.75) is 26.3 Å². The maximum Gasteiger partial charge on any atom is 0.293 e. The van der Waals surface area contributed by atoms with Crippen molar-refractivity contribution >= 4 is 11.7 Å². The van der Waals surface area contributed by atoms with Crippen molar-refractivity contribution in [2.75, 3.05) is 13.1 Å². The summed E-state index contributed by atoms with van der Waals surface area (Å²) in [5, 5.41) is 8.73. The quantitative estimate of drug-likeness (QED) is 0.706. The second-order valence-corrected chi connectivity index (χ2v) is 5.87. The number of carbonyl (C=O) groups excluding carboxylic acids is 1. The molecule has 0 unspecified atom stereocenters. The molecule has 118 valence electrons. The fraction of sp³-hybridized carbons (Fsp3) is 0.400. The standard InChI is InChI=1S/C15H17N7O/c1-10-8-11(2)22(18-10)12-4-7-20(9-12)14(23)13-17-15-16-5-3-6-21(15)19-13/h3,5-6,8,12H,4,7,9H2,1-2H3/t12-/m1/s1. The van der Waals surface area contributed by atoms with Crippen molar-refractivity contribution < 1.29 is 4.79 Å². The van der Waals surface area contributed by atoms with Gasteiger partial charge in [0.1, 0.15) is 0 Å². The van der Waals surface area contributed by atoms with Crippen LogP contribution in [0.1, 0.15) is 34.5 Å². The number of hydrogen-bond donors (Lipinski definition) is 0. The van der Waals surface area contributed by atoms with Gasteiger partial charge in [-0.25, -0.2) is 9.50 Å². The van der Waals surface area contributed by atoms with Crippen molar-refractivity contribution in [3.05, 3.63) is 41.7 Å². The van der Waals surface area contributed by atoms with E-state index in [-0.39, 0.29) is 17.8 Å². The highest BCUT2D eigenvalue weighted by molar-refractivity contribution is 5.91. The van der Waals surface area contributed by atoms with Gasteiger partial charge >= 0.3 is 0 Å². The number of likely N-dealkylation sites (tertiary alicyclic amines) is 1. The lowest BCUT2D eigenvalue weighted by Gasteiger charge is -2.15. The highest BCUT2D eigenvalue weighted by Gasteiger charge is 2.31. The minimum absolute atomic E-state index is 0.153. The Morgan fingerprint density at radius 3 is 2.91 bits per heavy atom. The third-order valence-corrected chi connectivity index (χ3v) is 4.15. The van der Waals surface area contributed by atoms with Gasteiger partial charge in [0.25, 0.3) is 11.7 Å². The highest BCUT2D eigenvalue weighted by atomic mass is 16.2. The number of hydrogen-bond acceptors (Lipinski definition) is 5. The number of rotatable bonds is 2. The summed E-state index contributed by atoms with van der Waals surface area (Å²) in [4.78, 5) is 22.7. The molecule has 1 aliphatic rings. The van der Waals surface area contributed by atoms with Gasteiger partial charge in [0.15, 0.2) is 0 Å². The number of amides is 1. The fourth-order valence-electron chi connectivity index (χ4n) is 3.11. The monoisotopic (exact) mass is 311 g/mol. The first-order valence-corrected chi connectivity index (χ1v) is 7.61. The van der Waals surface area contributed by atoms with Crippen LogP contribution in [0.4, 0.5) is 0 Å². The SMILES string of the molecule is Cc1cc(C)n([C@@H]2CCN(C(=O)c3nc4ncccn4n3)C2)n1. The fourth-order valence-corrected chi connectivity index (χ4v) is 3.11. The van der Waals surface area contributed by atoms with Gasteiger partial charge in [-0.1, -0.05) is 0 Å². The molecular weight excluding hydrogens is 294 g/mol. The van der Waals surface area contributed by atoms with Gasteiger partial charge in [0.2, 0.25) is 5.82 Å². The Hall–Kier alpha value is -2.77. The summed E-state index contributed by atoms with van der Waals surface area (Å²) >= 11 is 0. The molecule has 1 amide bonds. The molecule has 0 aliphatic carbocycles. The Morgan fingerprint density at radius 2 is 2.17 bits per heavy atom. The molecule has 4 heterocycles. The average Bonchev–Trinajstić information content (AvgIpc) is 3.24. The van der Waals surface area contributed by atoms with Crippen molar-refractivity contribution in [3.63, 3.8) is 0 Å². The molecule has 8 nitrogen and oxygen atoms in total. The summed E-state index contributed by atoms with van der Waals surface area (Å²) in [5.74, 6) is 0.474. The number of aromatic nitrogens is 6. The summed E-state index contributed by atoms with van der Waals surface area (Å²) in [7, 11) is 0. The van der Waals surface area contributed by atoms with E-state index in [0.29, 0.717) is 18.9 Å². The van der Waals surface area contributed by atoms with E-state index < -0.39 is 0 Å². The van der Waals surface area contributed by atoms with Crippen molar-refractivity contribution in [1.29, 1.82) is 0 Å². The van der Waals surface area contributed by atoms with E-state index in [0.717, 1.165) is 17.8 Å². The zero-order chi connectivity index (χ0) is 16.0. The second-order valence-electron chi connectivity index (χ2n) is 5.87. The zero-order valence-electron chi connectivity index (χ0n) is 13.0. The lowest BCUT2D eigenvalue weighted by molar-refractivity contribution is 0.0775. The Morgan fingerprint density at radius 1 is 1.30 bits per heavy atom. The van der Waals surface area contributed by atoms with Crippen LogP contribution in [0.5, 0.6) is 0 Å². The molecule has 8 heteroatoms. The minimum atomic E-state index is -0.153. The van der Waals surface area contributed by atoms with Crippen LogP contribution in [-0.2, 0) is 0 Å². The van der Waals surface area contributed by atoms with Gasteiger partial charge in [-0.3, -0.25) is 9.48 Å². The van der Waals surface area contributed by atoms with Crippen molar-refractivity contribution in [1.82, 2.24) is 34.3 Å². The molecule has 0 aromatic carbocycles. The van der Waals surface area contributed by atoms with Crippen LogP contribution < -0.4 is 0 Å². The Balaban J connectivity index is 1.55. The van der Waals surface area contributed by atoms with Crippen LogP contribution >= 0.6 is 0 Å². The van der Waals surface area contributed by atoms with Crippen LogP contribution in [-0.4, -0.2) is 53.3 Å². The molecule has 0 N–H and O–H groups in total. The normalized spacial score (nSPS) is 18.0. The smallest absolute Gasteiger partial charge is 0.293 e. The zero-order valence-corrected chi connectivity index (χ0v) is 13.0. The minimum Gasteiger partial charge on any atom is -0.334 e. The van der Waals surface area contributed by atoms with Gasteiger partial charge in [0, 0.05) is 31.2 Å². The molecule has 0 bridgehead atoms. The van der Waals surface area contributed by atoms with Gasteiger partial charge in [0.05, 0.1) is 11.7 Å². The van der Waals surface area contributed by atoms with E-state index in [1.54, 1.807) is 23.4 Å². The van der Waals surface area contributed by atoms with E-state index in [1.807, 2.05) is 18.5 Å².